The van der Waals surface area contributed by atoms with Crippen molar-refractivity contribution in [2.45, 2.75) is 59.3 Å². The monoisotopic (exact) mass is 198 g/mol. The van der Waals surface area contributed by atoms with E-state index in [0.29, 0.717) is 6.42 Å². The Hall–Kier alpha value is -0.860. The molecule has 0 unspecified atom stereocenters. The smallest absolute Gasteiger partial charge is 0.240 e. The summed E-state index contributed by atoms with van der Waals surface area (Å²) in [5, 5.41) is 3.96. The predicted molar refractivity (Wildman–Crippen MR) is 60.3 cm³/mol. The van der Waals surface area contributed by atoms with Crippen molar-refractivity contribution in [1.29, 1.82) is 0 Å². The van der Waals surface area contributed by atoms with Crippen molar-refractivity contribution >= 4 is 11.6 Å². The third-order valence-electron chi connectivity index (χ3n) is 2.14. The molecule has 0 aliphatic carbocycles. The molecule has 0 aromatic rings. The summed E-state index contributed by atoms with van der Waals surface area (Å²) in [5.74, 6) is 0.0360. The van der Waals surface area contributed by atoms with Crippen LogP contribution in [0.15, 0.2) is 5.10 Å². The van der Waals surface area contributed by atoms with Gasteiger partial charge in [0, 0.05) is 12.1 Å². The molecule has 3 heteroatoms. The molecule has 0 aromatic carbocycles. The molecule has 0 saturated heterocycles. The van der Waals surface area contributed by atoms with E-state index in [0.717, 1.165) is 25.0 Å². The van der Waals surface area contributed by atoms with Crippen molar-refractivity contribution < 1.29 is 4.79 Å². The Kier molecular flexibility index (Phi) is 8.19. The van der Waals surface area contributed by atoms with Gasteiger partial charge in [-0.25, -0.2) is 5.43 Å². The van der Waals surface area contributed by atoms with Crippen molar-refractivity contribution in [2.75, 3.05) is 0 Å². The Morgan fingerprint density at radius 3 is 2.50 bits per heavy atom. The minimum atomic E-state index is 0.0360. The maximum Gasteiger partial charge on any atom is 0.240 e. The molecule has 0 heterocycles. The summed E-state index contributed by atoms with van der Waals surface area (Å²) in [7, 11) is 0. The molecule has 0 rings (SSSR count). The Labute approximate surface area is 87.0 Å². The fourth-order valence-corrected chi connectivity index (χ4v) is 1.01. The molecule has 3 nitrogen and oxygen atoms in total. The van der Waals surface area contributed by atoms with Gasteiger partial charge < -0.3 is 0 Å². The van der Waals surface area contributed by atoms with E-state index in [2.05, 4.69) is 17.5 Å². The second-order valence-electron chi connectivity index (χ2n) is 3.55. The standard InChI is InChI=1S/C11H22N2O/c1-4-6-7-8-9-11(14)13-12-10(3)5-2/h4-9H2,1-3H3,(H,13,14)/b12-10+. The van der Waals surface area contributed by atoms with E-state index in [1.807, 2.05) is 13.8 Å². The first kappa shape index (κ1) is 13.1. The lowest BCUT2D eigenvalue weighted by Gasteiger charge is -2.00. The third kappa shape index (κ3) is 7.77. The molecule has 0 saturated carbocycles. The lowest BCUT2D eigenvalue weighted by atomic mass is 10.1. The highest BCUT2D eigenvalue weighted by atomic mass is 16.2. The van der Waals surface area contributed by atoms with Crippen LogP contribution in [0.3, 0.4) is 0 Å². The molecule has 82 valence electrons. The van der Waals surface area contributed by atoms with Crippen LogP contribution in [0.1, 0.15) is 59.3 Å². The Bertz CT molecular complexity index is 188. The number of nitrogens with zero attached hydrogens (tertiary/aromatic N) is 1. The molecule has 0 radical (unpaired) electrons. The number of nitrogens with one attached hydrogen (secondary N) is 1. The summed E-state index contributed by atoms with van der Waals surface area (Å²) >= 11 is 0. The van der Waals surface area contributed by atoms with Gasteiger partial charge in [-0.05, 0) is 19.8 Å². The predicted octanol–water partition coefficient (Wildman–Crippen LogP) is 2.86. The van der Waals surface area contributed by atoms with E-state index in [-0.39, 0.29) is 5.91 Å². The number of rotatable bonds is 7. The van der Waals surface area contributed by atoms with Gasteiger partial charge in [0.05, 0.1) is 0 Å². The van der Waals surface area contributed by atoms with Gasteiger partial charge in [0.25, 0.3) is 0 Å². The van der Waals surface area contributed by atoms with Crippen molar-refractivity contribution in [3.05, 3.63) is 0 Å². The van der Waals surface area contributed by atoms with Gasteiger partial charge in [0.1, 0.15) is 0 Å². The highest BCUT2D eigenvalue weighted by Gasteiger charge is 1.98. The molecule has 0 aromatic heterocycles. The molecule has 1 amide bonds. The Morgan fingerprint density at radius 2 is 1.93 bits per heavy atom. The van der Waals surface area contributed by atoms with Gasteiger partial charge in [-0.1, -0.05) is 33.1 Å². The van der Waals surface area contributed by atoms with Gasteiger partial charge in [-0.15, -0.1) is 0 Å². The lowest BCUT2D eigenvalue weighted by molar-refractivity contribution is -0.121. The van der Waals surface area contributed by atoms with E-state index in [4.69, 9.17) is 0 Å². The molecule has 0 bridgehead atoms. The van der Waals surface area contributed by atoms with Gasteiger partial charge >= 0.3 is 0 Å². The summed E-state index contributed by atoms with van der Waals surface area (Å²) in [6, 6.07) is 0. The fourth-order valence-electron chi connectivity index (χ4n) is 1.01. The maximum atomic E-state index is 11.2. The summed E-state index contributed by atoms with van der Waals surface area (Å²) < 4.78 is 0. The topological polar surface area (TPSA) is 41.5 Å². The van der Waals surface area contributed by atoms with Crippen LogP contribution in [0.25, 0.3) is 0 Å². The van der Waals surface area contributed by atoms with Crippen LogP contribution in [0.5, 0.6) is 0 Å². The second-order valence-corrected chi connectivity index (χ2v) is 3.55. The molecule has 0 atom stereocenters. The van der Waals surface area contributed by atoms with Crippen molar-refractivity contribution in [1.82, 2.24) is 5.43 Å². The summed E-state index contributed by atoms with van der Waals surface area (Å²) in [4.78, 5) is 11.2. The van der Waals surface area contributed by atoms with E-state index in [9.17, 15) is 4.79 Å². The van der Waals surface area contributed by atoms with E-state index in [1.54, 1.807) is 0 Å². The third-order valence-corrected chi connectivity index (χ3v) is 2.14. The number of hydrogen-bond donors (Lipinski definition) is 1. The zero-order valence-electron chi connectivity index (χ0n) is 9.60. The maximum absolute atomic E-state index is 11.2. The minimum absolute atomic E-state index is 0.0360. The first-order valence-corrected chi connectivity index (χ1v) is 5.52. The van der Waals surface area contributed by atoms with E-state index >= 15 is 0 Å². The van der Waals surface area contributed by atoms with Crippen LogP contribution < -0.4 is 5.43 Å². The van der Waals surface area contributed by atoms with Crippen molar-refractivity contribution in [3.8, 4) is 0 Å². The fraction of sp³-hybridized carbons (Fsp3) is 0.818. The van der Waals surface area contributed by atoms with Crippen LogP contribution in [0, 0.1) is 0 Å². The van der Waals surface area contributed by atoms with Crippen molar-refractivity contribution in [2.24, 2.45) is 5.10 Å². The molecule has 14 heavy (non-hydrogen) atoms. The minimum Gasteiger partial charge on any atom is -0.273 e. The average Bonchev–Trinajstić information content (AvgIpc) is 2.21. The first-order chi connectivity index (χ1) is 6.70. The Morgan fingerprint density at radius 1 is 1.21 bits per heavy atom. The number of carbonyl (C=O) groups is 1. The number of hydrogen-bond acceptors (Lipinski definition) is 2. The largest absolute Gasteiger partial charge is 0.273 e. The molecule has 0 spiro atoms. The zero-order valence-corrected chi connectivity index (χ0v) is 9.60. The average molecular weight is 198 g/mol. The quantitative estimate of drug-likeness (QED) is 0.381. The van der Waals surface area contributed by atoms with Crippen LogP contribution >= 0.6 is 0 Å². The van der Waals surface area contributed by atoms with E-state index in [1.165, 1.54) is 12.8 Å². The van der Waals surface area contributed by atoms with E-state index < -0.39 is 0 Å². The SMILES string of the molecule is CCCCCCC(=O)N/N=C(\C)CC. The second kappa shape index (κ2) is 8.73. The number of hydrazone groups is 1. The number of unbranched alkanes of at least 4 members (excludes halogenated alkanes) is 3. The van der Waals surface area contributed by atoms with Crippen LogP contribution in [-0.2, 0) is 4.79 Å². The molecule has 1 N–H and O–H groups in total. The van der Waals surface area contributed by atoms with Crippen LogP contribution in [0.2, 0.25) is 0 Å². The van der Waals surface area contributed by atoms with Crippen LogP contribution in [0.4, 0.5) is 0 Å². The summed E-state index contributed by atoms with van der Waals surface area (Å²) in [5.41, 5.74) is 3.52. The molecular formula is C11H22N2O. The van der Waals surface area contributed by atoms with Gasteiger partial charge in [0.2, 0.25) is 5.91 Å². The highest BCUT2D eigenvalue weighted by Crippen LogP contribution is 2.01. The van der Waals surface area contributed by atoms with Crippen molar-refractivity contribution in [3.63, 3.8) is 0 Å². The highest BCUT2D eigenvalue weighted by molar-refractivity contribution is 5.84. The summed E-state index contributed by atoms with van der Waals surface area (Å²) in [6.07, 6.45) is 6.01. The Balaban J connectivity index is 3.46. The molecule has 0 fully saturated rings. The molecule has 0 aliphatic heterocycles. The normalized spacial score (nSPS) is 11.5. The zero-order chi connectivity index (χ0) is 10.8. The van der Waals surface area contributed by atoms with Crippen LogP contribution in [-0.4, -0.2) is 11.6 Å². The molecular weight excluding hydrogens is 176 g/mol. The lowest BCUT2D eigenvalue weighted by Crippen LogP contribution is -2.18. The molecule has 0 aliphatic rings. The van der Waals surface area contributed by atoms with Gasteiger partial charge in [0.15, 0.2) is 0 Å². The van der Waals surface area contributed by atoms with Gasteiger partial charge in [-0.3, -0.25) is 4.79 Å². The number of amides is 1. The summed E-state index contributed by atoms with van der Waals surface area (Å²) in [6.45, 7) is 6.10. The first-order valence-electron chi connectivity index (χ1n) is 5.52. The number of carbonyl (C=O) groups excluding carboxylic acids is 1. The van der Waals surface area contributed by atoms with Gasteiger partial charge in [-0.2, -0.15) is 5.10 Å².